The van der Waals surface area contributed by atoms with Gasteiger partial charge in [-0.2, -0.15) is 0 Å². The molecule has 1 fully saturated rings. The second kappa shape index (κ2) is 6.02. The van der Waals surface area contributed by atoms with Gasteiger partial charge in [0.05, 0.1) is 11.0 Å². The smallest absolute Gasteiger partial charge is 0.309 e. The molecule has 1 heterocycles. The zero-order valence-corrected chi connectivity index (χ0v) is 12.5. The summed E-state index contributed by atoms with van der Waals surface area (Å²) in [4.78, 5) is 25.2. The molecule has 0 spiro atoms. The zero-order valence-electron chi connectivity index (χ0n) is 11.7. The van der Waals surface area contributed by atoms with Gasteiger partial charge in [-0.3, -0.25) is 9.59 Å². The van der Waals surface area contributed by atoms with Crippen molar-refractivity contribution in [2.75, 3.05) is 13.1 Å². The number of likely N-dealkylation sites (tertiary alicyclic amines) is 1. The van der Waals surface area contributed by atoms with Gasteiger partial charge < -0.3 is 10.0 Å². The summed E-state index contributed by atoms with van der Waals surface area (Å²) in [5, 5.41) is 9.56. The molecule has 0 radical (unpaired) electrons. The quantitative estimate of drug-likeness (QED) is 0.932. The van der Waals surface area contributed by atoms with Gasteiger partial charge in [0.1, 0.15) is 5.82 Å². The Balaban J connectivity index is 2.12. The van der Waals surface area contributed by atoms with Crippen LogP contribution in [0.1, 0.15) is 36.5 Å². The van der Waals surface area contributed by atoms with Crippen molar-refractivity contribution in [3.8, 4) is 0 Å². The molecule has 0 aliphatic carbocycles. The van der Waals surface area contributed by atoms with Crippen molar-refractivity contribution in [1.29, 1.82) is 0 Å². The first-order valence-corrected chi connectivity index (χ1v) is 7.25. The molecule has 0 bridgehead atoms. The summed E-state index contributed by atoms with van der Waals surface area (Å²) in [5.41, 5.74) is -0.797. The van der Waals surface area contributed by atoms with Crippen LogP contribution in [0.2, 0.25) is 5.02 Å². The lowest BCUT2D eigenvalue weighted by molar-refractivity contribution is -0.152. The molecule has 0 saturated carbocycles. The van der Waals surface area contributed by atoms with Gasteiger partial charge in [-0.1, -0.05) is 18.5 Å². The minimum absolute atomic E-state index is 0.0290. The van der Waals surface area contributed by atoms with E-state index in [1.165, 1.54) is 17.0 Å². The minimum atomic E-state index is -0.824. The fourth-order valence-electron chi connectivity index (χ4n) is 2.69. The average molecular weight is 314 g/mol. The van der Waals surface area contributed by atoms with E-state index in [0.717, 1.165) is 6.07 Å². The first-order valence-electron chi connectivity index (χ1n) is 6.87. The number of halogens is 2. The maximum absolute atomic E-state index is 13.8. The van der Waals surface area contributed by atoms with Gasteiger partial charge in [0.25, 0.3) is 5.91 Å². The number of hydrogen-bond acceptors (Lipinski definition) is 2. The normalized spacial score (nSPS) is 17.6. The van der Waals surface area contributed by atoms with Crippen molar-refractivity contribution in [3.05, 3.63) is 34.6 Å². The van der Waals surface area contributed by atoms with Crippen LogP contribution in [0, 0.1) is 11.2 Å². The Labute approximate surface area is 127 Å². The molecular formula is C15H17ClFNO3. The van der Waals surface area contributed by atoms with E-state index in [1.54, 1.807) is 0 Å². The monoisotopic (exact) mass is 313 g/mol. The molecule has 1 amide bonds. The van der Waals surface area contributed by atoms with Crippen molar-refractivity contribution >= 4 is 23.5 Å². The predicted molar refractivity (Wildman–Crippen MR) is 76.9 cm³/mol. The van der Waals surface area contributed by atoms with Crippen LogP contribution in [0.15, 0.2) is 18.2 Å². The molecule has 1 saturated heterocycles. The molecule has 0 atom stereocenters. The van der Waals surface area contributed by atoms with Crippen molar-refractivity contribution in [2.24, 2.45) is 5.41 Å². The van der Waals surface area contributed by atoms with Gasteiger partial charge in [-0.15, -0.1) is 0 Å². The molecule has 1 aromatic carbocycles. The fraction of sp³-hybridized carbons (Fsp3) is 0.467. The van der Waals surface area contributed by atoms with Crippen LogP contribution in [0.4, 0.5) is 4.39 Å². The standard InChI is InChI=1S/C15H17ClFNO3/c1-2-15(14(20)21)5-7-18(8-6-15)13(19)11-4-3-10(16)9-12(11)17/h3-4,9H,2,5-8H2,1H3,(H,20,21). The van der Waals surface area contributed by atoms with Crippen LogP contribution in [0.3, 0.4) is 0 Å². The number of carboxylic acids is 1. The van der Waals surface area contributed by atoms with E-state index >= 15 is 0 Å². The highest BCUT2D eigenvalue weighted by Crippen LogP contribution is 2.35. The van der Waals surface area contributed by atoms with E-state index < -0.39 is 23.1 Å². The maximum atomic E-state index is 13.8. The van der Waals surface area contributed by atoms with E-state index in [4.69, 9.17) is 11.6 Å². The average Bonchev–Trinajstić information content (AvgIpc) is 2.46. The van der Waals surface area contributed by atoms with Crippen LogP contribution in [-0.4, -0.2) is 35.0 Å². The second-order valence-electron chi connectivity index (χ2n) is 5.36. The van der Waals surface area contributed by atoms with E-state index in [0.29, 0.717) is 32.4 Å². The number of carbonyl (C=O) groups excluding carboxylic acids is 1. The van der Waals surface area contributed by atoms with Crippen LogP contribution >= 0.6 is 11.6 Å². The molecule has 1 aromatic rings. The van der Waals surface area contributed by atoms with Gasteiger partial charge >= 0.3 is 5.97 Å². The molecule has 1 aliphatic heterocycles. The highest BCUT2D eigenvalue weighted by Gasteiger charge is 2.41. The number of piperidine rings is 1. The van der Waals surface area contributed by atoms with Crippen molar-refractivity contribution in [3.63, 3.8) is 0 Å². The molecule has 21 heavy (non-hydrogen) atoms. The zero-order chi connectivity index (χ0) is 15.6. The Bertz CT molecular complexity index is 568. The lowest BCUT2D eigenvalue weighted by Crippen LogP contribution is -2.46. The molecule has 6 heteroatoms. The topological polar surface area (TPSA) is 57.6 Å². The van der Waals surface area contributed by atoms with Crippen molar-refractivity contribution in [2.45, 2.75) is 26.2 Å². The number of amides is 1. The molecule has 114 valence electrons. The van der Waals surface area contributed by atoms with Gasteiger partial charge in [0, 0.05) is 18.1 Å². The lowest BCUT2D eigenvalue weighted by Gasteiger charge is -2.38. The summed E-state index contributed by atoms with van der Waals surface area (Å²) in [6, 6.07) is 3.93. The van der Waals surface area contributed by atoms with Gasteiger partial charge in [-0.25, -0.2) is 4.39 Å². The number of hydrogen-bond donors (Lipinski definition) is 1. The number of aliphatic carboxylic acids is 1. The van der Waals surface area contributed by atoms with Crippen molar-refractivity contribution < 1.29 is 19.1 Å². The molecule has 0 aromatic heterocycles. The van der Waals surface area contributed by atoms with Crippen LogP contribution in [-0.2, 0) is 4.79 Å². The van der Waals surface area contributed by atoms with Crippen LogP contribution in [0.5, 0.6) is 0 Å². The maximum Gasteiger partial charge on any atom is 0.309 e. The third-order valence-corrected chi connectivity index (χ3v) is 4.53. The second-order valence-corrected chi connectivity index (χ2v) is 5.79. The van der Waals surface area contributed by atoms with Gasteiger partial charge in [-0.05, 0) is 37.5 Å². The Morgan fingerprint density at radius 1 is 1.38 bits per heavy atom. The van der Waals surface area contributed by atoms with Gasteiger partial charge in [0.2, 0.25) is 0 Å². The summed E-state index contributed by atoms with van der Waals surface area (Å²) < 4.78 is 13.8. The highest BCUT2D eigenvalue weighted by molar-refractivity contribution is 6.30. The van der Waals surface area contributed by atoms with Crippen LogP contribution < -0.4 is 0 Å². The van der Waals surface area contributed by atoms with E-state index in [9.17, 15) is 19.1 Å². The summed E-state index contributed by atoms with van der Waals surface area (Å²) in [7, 11) is 0. The van der Waals surface area contributed by atoms with Crippen molar-refractivity contribution in [1.82, 2.24) is 4.90 Å². The minimum Gasteiger partial charge on any atom is -0.481 e. The third-order valence-electron chi connectivity index (χ3n) is 4.30. The predicted octanol–water partition coefficient (Wildman–Crippen LogP) is 3.20. The fourth-order valence-corrected chi connectivity index (χ4v) is 2.85. The molecular weight excluding hydrogens is 297 g/mol. The number of benzene rings is 1. The molecule has 2 rings (SSSR count). The highest BCUT2D eigenvalue weighted by atomic mass is 35.5. The Morgan fingerprint density at radius 3 is 2.48 bits per heavy atom. The SMILES string of the molecule is CCC1(C(=O)O)CCN(C(=O)c2ccc(Cl)cc2F)CC1. The Hall–Kier alpha value is -1.62. The first kappa shape index (κ1) is 15.8. The number of nitrogens with zero attached hydrogens (tertiary/aromatic N) is 1. The van der Waals surface area contributed by atoms with Gasteiger partial charge in [0.15, 0.2) is 0 Å². The Morgan fingerprint density at radius 2 is 2.00 bits per heavy atom. The molecule has 1 N–H and O–H groups in total. The molecule has 0 unspecified atom stereocenters. The largest absolute Gasteiger partial charge is 0.481 e. The molecule has 1 aliphatic rings. The lowest BCUT2D eigenvalue weighted by atomic mass is 9.76. The summed E-state index contributed by atoms with van der Waals surface area (Å²) >= 11 is 5.67. The van der Waals surface area contributed by atoms with E-state index in [-0.39, 0.29) is 10.6 Å². The number of carboxylic acid groups (broad SMARTS) is 1. The van der Waals surface area contributed by atoms with Crippen LogP contribution in [0.25, 0.3) is 0 Å². The summed E-state index contributed by atoms with van der Waals surface area (Å²) in [6.45, 7) is 2.48. The Kier molecular flexibility index (Phi) is 4.52. The number of rotatable bonds is 3. The number of carbonyl (C=O) groups is 2. The molecule has 4 nitrogen and oxygen atoms in total. The van der Waals surface area contributed by atoms with E-state index in [2.05, 4.69) is 0 Å². The summed E-state index contributed by atoms with van der Waals surface area (Å²) in [5.74, 6) is -1.90. The summed E-state index contributed by atoms with van der Waals surface area (Å²) in [6.07, 6.45) is 1.30. The first-order chi connectivity index (χ1) is 9.89. The third kappa shape index (κ3) is 3.02. The van der Waals surface area contributed by atoms with E-state index in [1.807, 2.05) is 6.92 Å².